The van der Waals surface area contributed by atoms with Gasteiger partial charge < -0.3 is 24.8 Å². The van der Waals surface area contributed by atoms with Crippen molar-refractivity contribution in [2.45, 2.75) is 13.3 Å². The second kappa shape index (κ2) is 11.3. The molecule has 0 bridgehead atoms. The van der Waals surface area contributed by atoms with E-state index in [2.05, 4.69) is 10.6 Å². The molecule has 0 aliphatic rings. The third kappa shape index (κ3) is 5.70. The molecule has 0 fully saturated rings. The molecule has 0 saturated heterocycles. The first kappa shape index (κ1) is 24.7. The summed E-state index contributed by atoms with van der Waals surface area (Å²) in [5.41, 5.74) is 0.902. The Morgan fingerprint density at radius 1 is 1.00 bits per heavy atom. The molecule has 34 heavy (non-hydrogen) atoms. The summed E-state index contributed by atoms with van der Waals surface area (Å²) in [5, 5.41) is 6.24. The third-order valence-corrected chi connectivity index (χ3v) is 5.73. The lowest BCUT2D eigenvalue weighted by molar-refractivity contribution is -0.116. The predicted octanol–water partition coefficient (Wildman–Crippen LogP) is 3.21. The van der Waals surface area contributed by atoms with Crippen LogP contribution in [-0.2, 0) is 9.53 Å². The summed E-state index contributed by atoms with van der Waals surface area (Å²) >= 11 is 0.791. The van der Waals surface area contributed by atoms with Crippen LogP contribution in [0.5, 0.6) is 11.5 Å². The smallest absolute Gasteiger partial charge is 0.338 e. The van der Waals surface area contributed by atoms with Gasteiger partial charge in [0.05, 0.1) is 36.7 Å². The highest BCUT2D eigenvalue weighted by Crippen LogP contribution is 2.34. The van der Waals surface area contributed by atoms with Gasteiger partial charge in [-0.25, -0.2) is 4.79 Å². The lowest BCUT2D eigenvalue weighted by Gasteiger charge is -2.11. The molecule has 178 valence electrons. The maximum absolute atomic E-state index is 12.6. The largest absolute Gasteiger partial charge is 0.493 e. The Kier molecular flexibility index (Phi) is 8.20. The summed E-state index contributed by atoms with van der Waals surface area (Å²) in [7, 11) is 2.93. The van der Waals surface area contributed by atoms with Gasteiger partial charge in [0.25, 0.3) is 5.91 Å². The number of anilines is 1. The molecule has 0 radical (unpaired) electrons. The van der Waals surface area contributed by atoms with Gasteiger partial charge in [-0.3, -0.25) is 14.4 Å². The Labute approximate surface area is 199 Å². The van der Waals surface area contributed by atoms with Gasteiger partial charge in [0.1, 0.15) is 0 Å². The molecule has 2 aromatic carbocycles. The van der Waals surface area contributed by atoms with Crippen LogP contribution in [0, 0.1) is 0 Å². The minimum absolute atomic E-state index is 0.0267. The van der Waals surface area contributed by atoms with E-state index in [4.69, 9.17) is 14.2 Å². The van der Waals surface area contributed by atoms with Crippen molar-refractivity contribution in [3.05, 3.63) is 62.4 Å². The summed E-state index contributed by atoms with van der Waals surface area (Å²) in [6, 6.07) is 11.3. The van der Waals surface area contributed by atoms with Gasteiger partial charge in [-0.05, 0) is 48.7 Å². The zero-order valence-electron chi connectivity index (χ0n) is 18.9. The fourth-order valence-electron chi connectivity index (χ4n) is 3.21. The number of fused-ring (bicyclic) bond motifs is 1. The average Bonchev–Trinajstić information content (AvgIpc) is 2.83. The molecule has 0 aliphatic carbocycles. The Morgan fingerprint density at radius 2 is 1.74 bits per heavy atom. The Morgan fingerprint density at radius 3 is 2.38 bits per heavy atom. The highest BCUT2D eigenvalue weighted by molar-refractivity contribution is 7.12. The van der Waals surface area contributed by atoms with E-state index in [1.165, 1.54) is 14.2 Å². The van der Waals surface area contributed by atoms with Crippen LogP contribution >= 0.6 is 11.3 Å². The van der Waals surface area contributed by atoms with Crippen molar-refractivity contribution < 1.29 is 28.6 Å². The average molecular weight is 485 g/mol. The van der Waals surface area contributed by atoms with E-state index in [1.807, 2.05) is 0 Å². The third-order valence-electron chi connectivity index (χ3n) is 4.81. The zero-order valence-corrected chi connectivity index (χ0v) is 19.7. The van der Waals surface area contributed by atoms with E-state index in [0.717, 1.165) is 11.3 Å². The van der Waals surface area contributed by atoms with Crippen molar-refractivity contribution in [2.24, 2.45) is 0 Å². The van der Waals surface area contributed by atoms with Gasteiger partial charge >= 0.3 is 5.97 Å². The van der Waals surface area contributed by atoms with Crippen LogP contribution in [-0.4, -0.2) is 45.2 Å². The minimum atomic E-state index is -0.453. The number of rotatable bonds is 9. The monoisotopic (exact) mass is 484 g/mol. The van der Waals surface area contributed by atoms with Gasteiger partial charge in [-0.15, -0.1) is 0 Å². The normalized spacial score (nSPS) is 10.4. The number of hydrogen-bond donors (Lipinski definition) is 2. The molecule has 0 aliphatic heterocycles. The molecule has 3 rings (SSSR count). The molecule has 0 saturated carbocycles. The number of benzene rings is 2. The molecular weight excluding hydrogens is 460 g/mol. The Balaban J connectivity index is 1.59. The molecule has 2 N–H and O–H groups in total. The number of carbonyl (C=O) groups is 3. The van der Waals surface area contributed by atoms with Crippen LogP contribution in [0.3, 0.4) is 0 Å². The first-order valence-electron chi connectivity index (χ1n) is 10.4. The Bertz CT molecular complexity index is 1270. The summed E-state index contributed by atoms with van der Waals surface area (Å²) in [5.74, 6) is -0.451. The van der Waals surface area contributed by atoms with Crippen LogP contribution in [0.1, 0.15) is 33.4 Å². The number of ether oxygens (including phenoxy) is 3. The van der Waals surface area contributed by atoms with E-state index in [-0.39, 0.29) is 35.1 Å². The van der Waals surface area contributed by atoms with Gasteiger partial charge in [-0.1, -0.05) is 17.4 Å². The lowest BCUT2D eigenvalue weighted by Crippen LogP contribution is -2.27. The first-order valence-corrected chi connectivity index (χ1v) is 11.2. The molecule has 2 amide bonds. The molecule has 1 heterocycles. The summed E-state index contributed by atoms with van der Waals surface area (Å²) < 4.78 is 15.1. The van der Waals surface area contributed by atoms with Crippen molar-refractivity contribution in [1.29, 1.82) is 0 Å². The Hall–Kier alpha value is -3.92. The van der Waals surface area contributed by atoms with E-state index in [0.29, 0.717) is 33.5 Å². The predicted molar refractivity (Wildman–Crippen MR) is 129 cm³/mol. The van der Waals surface area contributed by atoms with E-state index in [9.17, 15) is 19.2 Å². The van der Waals surface area contributed by atoms with Crippen LogP contribution in [0.25, 0.3) is 10.8 Å². The standard InChI is InChI=1S/C24H24N2O7S/c1-4-33-23(29)14-5-8-16(9-6-14)26-19(27)11-12-25-22(28)18-13-15-7-10-17(31-2)21(32-3)20(15)24(30)34-18/h5-10,13H,4,11-12H2,1-3H3,(H,25,28)(H,26,27). The fraction of sp³-hybridized carbons (Fsp3) is 0.250. The van der Waals surface area contributed by atoms with Crippen LogP contribution in [0.2, 0.25) is 0 Å². The van der Waals surface area contributed by atoms with Crippen molar-refractivity contribution in [1.82, 2.24) is 5.32 Å². The molecule has 3 aromatic rings. The summed E-state index contributed by atoms with van der Waals surface area (Å²) in [6.45, 7) is 2.08. The van der Waals surface area contributed by atoms with Crippen molar-refractivity contribution in [2.75, 3.05) is 32.7 Å². The summed E-state index contributed by atoms with van der Waals surface area (Å²) in [6.07, 6.45) is 0.0267. The highest BCUT2D eigenvalue weighted by Gasteiger charge is 2.16. The minimum Gasteiger partial charge on any atom is -0.493 e. The molecule has 0 atom stereocenters. The SMILES string of the molecule is CCOC(=O)c1ccc(NC(=O)CCNC(=O)c2cc3ccc(OC)c(OC)c3c(=O)s2)cc1. The number of esters is 1. The first-order chi connectivity index (χ1) is 16.4. The molecule has 9 nitrogen and oxygen atoms in total. The van der Waals surface area contributed by atoms with Gasteiger partial charge in [0, 0.05) is 18.7 Å². The van der Waals surface area contributed by atoms with Crippen LogP contribution in [0.15, 0.2) is 47.3 Å². The topological polar surface area (TPSA) is 120 Å². The maximum atomic E-state index is 12.6. The number of amides is 2. The second-order valence-electron chi connectivity index (χ2n) is 7.02. The van der Waals surface area contributed by atoms with Crippen molar-refractivity contribution in [3.63, 3.8) is 0 Å². The summed E-state index contributed by atoms with van der Waals surface area (Å²) in [4.78, 5) is 49.3. The molecule has 1 aromatic heterocycles. The van der Waals surface area contributed by atoms with Gasteiger partial charge in [0.2, 0.25) is 10.6 Å². The number of carbonyl (C=O) groups excluding carboxylic acids is 3. The van der Waals surface area contributed by atoms with E-state index in [1.54, 1.807) is 49.4 Å². The molecule has 10 heteroatoms. The number of hydrogen-bond acceptors (Lipinski definition) is 8. The van der Waals surface area contributed by atoms with Crippen molar-refractivity contribution >= 4 is 45.6 Å². The maximum Gasteiger partial charge on any atom is 0.338 e. The van der Waals surface area contributed by atoms with E-state index >= 15 is 0 Å². The molecular formula is C24H24N2O7S. The number of nitrogens with one attached hydrogen (secondary N) is 2. The zero-order chi connectivity index (χ0) is 24.7. The van der Waals surface area contributed by atoms with Crippen molar-refractivity contribution in [3.8, 4) is 11.5 Å². The van der Waals surface area contributed by atoms with Crippen LogP contribution < -0.4 is 24.8 Å². The van der Waals surface area contributed by atoms with Crippen LogP contribution in [0.4, 0.5) is 5.69 Å². The van der Waals surface area contributed by atoms with Gasteiger partial charge in [0.15, 0.2) is 11.5 Å². The fourth-order valence-corrected chi connectivity index (χ4v) is 4.07. The van der Waals surface area contributed by atoms with E-state index < -0.39 is 11.9 Å². The number of methoxy groups -OCH3 is 2. The molecule has 0 spiro atoms. The second-order valence-corrected chi connectivity index (χ2v) is 8.03. The molecule has 0 unspecified atom stereocenters. The van der Waals surface area contributed by atoms with Gasteiger partial charge in [-0.2, -0.15) is 0 Å². The quantitative estimate of drug-likeness (QED) is 0.448. The lowest BCUT2D eigenvalue weighted by atomic mass is 10.1. The highest BCUT2D eigenvalue weighted by atomic mass is 32.1.